The first kappa shape index (κ1) is 26.9. The Morgan fingerprint density at radius 2 is 1.85 bits per heavy atom. The van der Waals surface area contributed by atoms with E-state index < -0.39 is 0 Å². The standard InChI is InChI=1S/C24H31BrN4O2.C2H6/c1-6-20-17(14-23(30)29(5)11-10-28(4)7-2)15(3)22(26-20)13-19-18-12-16(25)8-9-21(18)27-24(19)31;1-2/h8-9,12-13,26H,6-7,10-11,14H2,1-5H3,(H,27,31);1-2H3/b19-13-;. The predicted octanol–water partition coefficient (Wildman–Crippen LogP) is 5.12. The third-order valence-corrected chi connectivity index (χ3v) is 6.52. The number of fused-ring (bicyclic) bond motifs is 1. The highest BCUT2D eigenvalue weighted by Gasteiger charge is 2.25. The van der Waals surface area contributed by atoms with Crippen LogP contribution in [-0.4, -0.2) is 60.3 Å². The number of hydrogen-bond donors (Lipinski definition) is 2. The molecular formula is C26H37BrN4O2. The van der Waals surface area contributed by atoms with E-state index in [2.05, 4.69) is 52.0 Å². The maximum Gasteiger partial charge on any atom is 0.256 e. The Morgan fingerprint density at radius 1 is 1.15 bits per heavy atom. The van der Waals surface area contributed by atoms with E-state index in [1.54, 1.807) is 4.90 Å². The smallest absolute Gasteiger partial charge is 0.256 e. The van der Waals surface area contributed by atoms with Crippen molar-refractivity contribution in [1.82, 2.24) is 14.8 Å². The lowest BCUT2D eigenvalue weighted by Gasteiger charge is -2.21. The number of aromatic amines is 1. The second kappa shape index (κ2) is 12.2. The van der Waals surface area contributed by atoms with Crippen LogP contribution < -0.4 is 5.32 Å². The maximum atomic E-state index is 12.8. The summed E-state index contributed by atoms with van der Waals surface area (Å²) in [7, 11) is 3.92. The molecule has 0 saturated carbocycles. The molecule has 1 aliphatic heterocycles. The highest BCUT2D eigenvalue weighted by atomic mass is 79.9. The predicted molar refractivity (Wildman–Crippen MR) is 141 cm³/mol. The Labute approximate surface area is 206 Å². The van der Waals surface area contributed by atoms with Gasteiger partial charge in [0.25, 0.3) is 5.91 Å². The minimum Gasteiger partial charge on any atom is -0.358 e. The van der Waals surface area contributed by atoms with Gasteiger partial charge in [0.1, 0.15) is 0 Å². The highest BCUT2D eigenvalue weighted by Crippen LogP contribution is 2.35. The van der Waals surface area contributed by atoms with Crippen LogP contribution in [-0.2, 0) is 22.4 Å². The van der Waals surface area contributed by atoms with Crippen molar-refractivity contribution in [2.45, 2.75) is 47.5 Å². The molecule has 33 heavy (non-hydrogen) atoms. The van der Waals surface area contributed by atoms with Gasteiger partial charge in [0, 0.05) is 47.2 Å². The Morgan fingerprint density at radius 3 is 2.48 bits per heavy atom. The van der Waals surface area contributed by atoms with Crippen molar-refractivity contribution < 1.29 is 9.59 Å². The largest absolute Gasteiger partial charge is 0.358 e. The van der Waals surface area contributed by atoms with Crippen molar-refractivity contribution in [1.29, 1.82) is 0 Å². The van der Waals surface area contributed by atoms with E-state index in [0.717, 1.165) is 57.7 Å². The van der Waals surface area contributed by atoms with Gasteiger partial charge in [0.15, 0.2) is 0 Å². The lowest BCUT2D eigenvalue weighted by Crippen LogP contribution is -2.35. The molecule has 0 saturated heterocycles. The Balaban J connectivity index is 0.00000187. The molecule has 2 amide bonds. The molecule has 0 bridgehead atoms. The fourth-order valence-corrected chi connectivity index (χ4v) is 4.10. The van der Waals surface area contributed by atoms with Gasteiger partial charge in [-0.3, -0.25) is 9.59 Å². The first-order valence-electron chi connectivity index (χ1n) is 11.7. The number of nitrogens with one attached hydrogen (secondary N) is 2. The van der Waals surface area contributed by atoms with E-state index in [-0.39, 0.29) is 11.8 Å². The molecule has 2 N–H and O–H groups in total. The van der Waals surface area contributed by atoms with Crippen molar-refractivity contribution in [3.05, 3.63) is 50.8 Å². The zero-order chi connectivity index (χ0) is 24.7. The molecule has 2 aromatic rings. The van der Waals surface area contributed by atoms with E-state index in [1.807, 2.05) is 52.1 Å². The number of H-pyrrole nitrogens is 1. The molecule has 0 spiro atoms. The van der Waals surface area contributed by atoms with Crippen molar-refractivity contribution in [2.24, 2.45) is 0 Å². The van der Waals surface area contributed by atoms with Crippen LogP contribution >= 0.6 is 15.9 Å². The van der Waals surface area contributed by atoms with Gasteiger partial charge >= 0.3 is 0 Å². The van der Waals surface area contributed by atoms with E-state index in [4.69, 9.17) is 0 Å². The molecule has 3 rings (SSSR count). The van der Waals surface area contributed by atoms with Crippen LogP contribution in [0.4, 0.5) is 5.69 Å². The van der Waals surface area contributed by atoms with Gasteiger partial charge in [-0.2, -0.15) is 0 Å². The number of amides is 2. The van der Waals surface area contributed by atoms with Gasteiger partial charge in [-0.15, -0.1) is 0 Å². The summed E-state index contributed by atoms with van der Waals surface area (Å²) in [4.78, 5) is 32.9. The van der Waals surface area contributed by atoms with Crippen molar-refractivity contribution >= 4 is 45.1 Å². The van der Waals surface area contributed by atoms with E-state index in [0.29, 0.717) is 18.5 Å². The first-order chi connectivity index (χ1) is 15.7. The molecule has 0 atom stereocenters. The minimum absolute atomic E-state index is 0.105. The third-order valence-electron chi connectivity index (χ3n) is 6.02. The molecule has 1 aromatic carbocycles. The molecule has 0 aliphatic carbocycles. The number of likely N-dealkylation sites (N-methyl/N-ethyl adjacent to an activating group) is 2. The van der Waals surface area contributed by atoms with Gasteiger partial charge in [0.2, 0.25) is 5.91 Å². The van der Waals surface area contributed by atoms with Crippen LogP contribution in [0, 0.1) is 6.92 Å². The number of nitrogens with zero attached hydrogens (tertiary/aromatic N) is 2. The van der Waals surface area contributed by atoms with Crippen LogP contribution in [0.25, 0.3) is 11.6 Å². The fourth-order valence-electron chi connectivity index (χ4n) is 3.74. The number of rotatable bonds is 8. The van der Waals surface area contributed by atoms with E-state index in [1.165, 1.54) is 0 Å². The summed E-state index contributed by atoms with van der Waals surface area (Å²) in [6.45, 7) is 12.7. The molecule has 0 radical (unpaired) electrons. The average Bonchev–Trinajstić information content (AvgIpc) is 3.29. The van der Waals surface area contributed by atoms with E-state index >= 15 is 0 Å². The molecule has 0 fully saturated rings. The summed E-state index contributed by atoms with van der Waals surface area (Å²) >= 11 is 3.49. The molecule has 2 heterocycles. The Kier molecular flexibility index (Phi) is 9.92. The summed E-state index contributed by atoms with van der Waals surface area (Å²) in [6.07, 6.45) is 3.05. The van der Waals surface area contributed by atoms with E-state index in [9.17, 15) is 9.59 Å². The van der Waals surface area contributed by atoms with Crippen molar-refractivity contribution in [2.75, 3.05) is 39.0 Å². The third kappa shape index (κ3) is 6.36. The minimum atomic E-state index is -0.113. The Hall–Kier alpha value is -2.38. The molecule has 6 nitrogen and oxygen atoms in total. The second-order valence-electron chi connectivity index (χ2n) is 8.06. The van der Waals surface area contributed by atoms with Crippen LogP contribution in [0.1, 0.15) is 55.8 Å². The van der Waals surface area contributed by atoms with Crippen LogP contribution in [0.3, 0.4) is 0 Å². The SMILES string of the molecule is CC.CCc1[nH]c(/C=C2\C(=O)Nc3ccc(Br)cc32)c(C)c1CC(=O)N(C)CCN(C)CC. The molecule has 0 unspecified atom stereocenters. The first-order valence-corrected chi connectivity index (χ1v) is 12.5. The maximum absolute atomic E-state index is 12.8. The van der Waals surface area contributed by atoms with Gasteiger partial charge in [0.05, 0.1) is 12.0 Å². The number of carbonyl (C=O) groups is 2. The lowest BCUT2D eigenvalue weighted by molar-refractivity contribution is -0.129. The molecular weight excluding hydrogens is 480 g/mol. The number of anilines is 1. The second-order valence-corrected chi connectivity index (χ2v) is 8.98. The summed E-state index contributed by atoms with van der Waals surface area (Å²) < 4.78 is 0.925. The zero-order valence-electron chi connectivity index (χ0n) is 20.9. The monoisotopic (exact) mass is 516 g/mol. The number of hydrogen-bond acceptors (Lipinski definition) is 3. The highest BCUT2D eigenvalue weighted by molar-refractivity contribution is 9.10. The van der Waals surface area contributed by atoms with Crippen LogP contribution in [0.5, 0.6) is 0 Å². The number of aryl methyl sites for hydroxylation is 1. The summed E-state index contributed by atoms with van der Waals surface area (Å²) in [5.41, 5.74) is 6.30. The normalized spacial score (nSPS) is 13.6. The van der Waals surface area contributed by atoms with Gasteiger partial charge in [-0.05, 0) is 62.3 Å². The van der Waals surface area contributed by atoms with Gasteiger partial charge < -0.3 is 20.1 Å². The van der Waals surface area contributed by atoms with Crippen molar-refractivity contribution in [3.8, 4) is 0 Å². The van der Waals surface area contributed by atoms with Crippen LogP contribution in [0.15, 0.2) is 22.7 Å². The molecule has 1 aromatic heterocycles. The summed E-state index contributed by atoms with van der Waals surface area (Å²) in [5, 5.41) is 2.92. The number of benzene rings is 1. The van der Waals surface area contributed by atoms with Gasteiger partial charge in [-0.1, -0.05) is 43.6 Å². The Bertz CT molecular complexity index is 1030. The average molecular weight is 518 g/mol. The van der Waals surface area contributed by atoms with Crippen LogP contribution in [0.2, 0.25) is 0 Å². The number of halogens is 1. The zero-order valence-corrected chi connectivity index (χ0v) is 22.5. The number of carbonyl (C=O) groups excluding carboxylic acids is 2. The topological polar surface area (TPSA) is 68.4 Å². The summed E-state index contributed by atoms with van der Waals surface area (Å²) in [5.74, 6) is -0.00839. The lowest BCUT2D eigenvalue weighted by atomic mass is 10.0. The number of aromatic nitrogens is 1. The summed E-state index contributed by atoms with van der Waals surface area (Å²) in [6, 6.07) is 5.76. The van der Waals surface area contributed by atoms with Crippen molar-refractivity contribution in [3.63, 3.8) is 0 Å². The molecule has 180 valence electrons. The van der Waals surface area contributed by atoms with Gasteiger partial charge in [-0.25, -0.2) is 0 Å². The molecule has 7 heteroatoms. The fraction of sp³-hybridized carbons (Fsp3) is 0.462. The molecule has 1 aliphatic rings. The quantitative estimate of drug-likeness (QED) is 0.478.